The van der Waals surface area contributed by atoms with Crippen LogP contribution in [0.5, 0.6) is 0 Å². The van der Waals surface area contributed by atoms with Gasteiger partial charge in [-0.1, -0.05) is 24.3 Å². The molecule has 0 aliphatic heterocycles. The van der Waals surface area contributed by atoms with Gasteiger partial charge < -0.3 is 4.42 Å². The average molecular weight is 313 g/mol. The Morgan fingerprint density at radius 3 is 2.84 bits per heavy atom. The zero-order valence-corrected chi connectivity index (χ0v) is 11.5. The normalized spacial score (nSPS) is 11.4. The summed E-state index contributed by atoms with van der Waals surface area (Å²) >= 11 is 3.50. The van der Waals surface area contributed by atoms with Gasteiger partial charge in [-0.05, 0) is 34.1 Å². The van der Waals surface area contributed by atoms with Gasteiger partial charge in [0.05, 0.1) is 11.1 Å². The zero-order chi connectivity index (χ0) is 12.8. The van der Waals surface area contributed by atoms with Crippen LogP contribution in [0.1, 0.15) is 0 Å². The van der Waals surface area contributed by atoms with Gasteiger partial charge >= 0.3 is 0 Å². The number of imidazole rings is 1. The van der Waals surface area contributed by atoms with Crippen molar-refractivity contribution in [3.8, 4) is 11.4 Å². The van der Waals surface area contributed by atoms with E-state index in [1.54, 1.807) is 6.26 Å². The van der Waals surface area contributed by atoms with E-state index < -0.39 is 0 Å². The van der Waals surface area contributed by atoms with Crippen molar-refractivity contribution in [2.45, 2.75) is 0 Å². The van der Waals surface area contributed by atoms with Gasteiger partial charge in [-0.2, -0.15) is 0 Å². The minimum Gasteiger partial charge on any atom is -0.464 e. The molecule has 3 nitrogen and oxygen atoms in total. The molecule has 3 aromatic heterocycles. The minimum absolute atomic E-state index is 0.841. The number of aromatic nitrogens is 2. The molecule has 1 aromatic carbocycles. The number of hydrogen-bond acceptors (Lipinski definition) is 2. The van der Waals surface area contributed by atoms with Crippen LogP contribution >= 0.6 is 15.9 Å². The van der Waals surface area contributed by atoms with Crippen molar-refractivity contribution < 1.29 is 4.42 Å². The third-order valence-electron chi connectivity index (χ3n) is 3.23. The quantitative estimate of drug-likeness (QED) is 0.517. The fraction of sp³-hybridized carbons (Fsp3) is 0. The van der Waals surface area contributed by atoms with Gasteiger partial charge in [0.2, 0.25) is 0 Å². The first kappa shape index (κ1) is 10.8. The Hall–Kier alpha value is -2.07. The summed E-state index contributed by atoms with van der Waals surface area (Å²) in [6.07, 6.45) is 3.77. The summed E-state index contributed by atoms with van der Waals surface area (Å²) < 4.78 is 8.49. The van der Waals surface area contributed by atoms with Gasteiger partial charge in [0.25, 0.3) is 0 Å². The molecule has 0 fully saturated rings. The van der Waals surface area contributed by atoms with Crippen LogP contribution in [0.3, 0.4) is 0 Å². The molecule has 19 heavy (non-hydrogen) atoms. The maximum atomic E-state index is 5.59. The number of benzene rings is 1. The van der Waals surface area contributed by atoms with Crippen molar-refractivity contribution in [1.29, 1.82) is 0 Å². The summed E-state index contributed by atoms with van der Waals surface area (Å²) in [4.78, 5) is 4.60. The second-order valence-corrected chi connectivity index (χ2v) is 5.08. The highest BCUT2D eigenvalue weighted by Gasteiger charge is 2.15. The minimum atomic E-state index is 0.841. The Morgan fingerprint density at radius 2 is 1.89 bits per heavy atom. The second-order valence-electron chi connectivity index (χ2n) is 4.33. The molecular weight excluding hydrogens is 304 g/mol. The summed E-state index contributed by atoms with van der Waals surface area (Å²) in [5, 5.41) is 1.07. The van der Waals surface area contributed by atoms with Crippen molar-refractivity contribution >= 4 is 32.4 Å². The Morgan fingerprint density at radius 1 is 1.05 bits per heavy atom. The van der Waals surface area contributed by atoms with E-state index in [4.69, 9.17) is 4.42 Å². The number of furan rings is 1. The average Bonchev–Trinajstić information content (AvgIpc) is 3.01. The molecular formula is C15H9BrN2O. The van der Waals surface area contributed by atoms with E-state index >= 15 is 0 Å². The monoisotopic (exact) mass is 312 g/mol. The van der Waals surface area contributed by atoms with Crippen molar-refractivity contribution in [3.05, 3.63) is 59.5 Å². The second kappa shape index (κ2) is 3.96. The number of nitrogens with zero attached hydrogens (tertiary/aromatic N) is 2. The Balaban J connectivity index is 2.10. The molecule has 0 atom stereocenters. The van der Waals surface area contributed by atoms with E-state index in [2.05, 4.69) is 25.3 Å². The number of hydrogen-bond donors (Lipinski definition) is 0. The highest BCUT2D eigenvalue weighted by atomic mass is 79.9. The van der Waals surface area contributed by atoms with Crippen LogP contribution in [-0.4, -0.2) is 9.38 Å². The summed E-state index contributed by atoms with van der Waals surface area (Å²) in [6, 6.07) is 14.0. The van der Waals surface area contributed by atoms with Gasteiger partial charge in [-0.25, -0.2) is 4.98 Å². The van der Waals surface area contributed by atoms with Crippen molar-refractivity contribution in [1.82, 2.24) is 9.38 Å². The van der Waals surface area contributed by atoms with Crippen LogP contribution in [0.25, 0.3) is 27.9 Å². The van der Waals surface area contributed by atoms with E-state index in [9.17, 15) is 0 Å². The molecule has 4 heteroatoms. The topological polar surface area (TPSA) is 30.4 Å². The number of pyridine rings is 1. The highest BCUT2D eigenvalue weighted by Crippen LogP contribution is 2.32. The van der Waals surface area contributed by atoms with Gasteiger partial charge in [-0.15, -0.1) is 0 Å². The molecule has 0 saturated heterocycles. The molecule has 0 aliphatic rings. The lowest BCUT2D eigenvalue weighted by atomic mass is 10.1. The smallest absolute Gasteiger partial charge is 0.149 e. The van der Waals surface area contributed by atoms with E-state index in [-0.39, 0.29) is 0 Å². The van der Waals surface area contributed by atoms with Gasteiger partial charge in [0.1, 0.15) is 22.3 Å². The third-order valence-corrected chi connectivity index (χ3v) is 3.81. The molecule has 4 rings (SSSR count). The predicted octanol–water partition coefficient (Wildman–Crippen LogP) is 4.51. The van der Waals surface area contributed by atoms with Gasteiger partial charge in [-0.3, -0.25) is 4.40 Å². The van der Waals surface area contributed by atoms with E-state index in [1.165, 1.54) is 0 Å². The van der Waals surface area contributed by atoms with Crippen LogP contribution in [0.2, 0.25) is 0 Å². The van der Waals surface area contributed by atoms with Crippen LogP contribution in [-0.2, 0) is 0 Å². The standard InChI is InChI=1S/C15H9BrN2O/c16-14-12-6-3-4-8-18(12)15(17-14)11-9-19-13-7-2-1-5-10(11)13/h1-9H. The number of para-hydroxylation sites is 1. The summed E-state index contributed by atoms with van der Waals surface area (Å²) in [7, 11) is 0. The van der Waals surface area contributed by atoms with Crippen molar-refractivity contribution in [2.24, 2.45) is 0 Å². The molecule has 92 valence electrons. The molecule has 0 bridgehead atoms. The zero-order valence-electron chi connectivity index (χ0n) is 9.88. The van der Waals surface area contributed by atoms with E-state index in [0.29, 0.717) is 0 Å². The lowest BCUT2D eigenvalue weighted by Gasteiger charge is -1.98. The molecule has 0 saturated carbocycles. The maximum Gasteiger partial charge on any atom is 0.149 e. The molecule has 4 aromatic rings. The van der Waals surface area contributed by atoms with Crippen LogP contribution in [0, 0.1) is 0 Å². The first-order valence-corrected chi connectivity index (χ1v) is 6.73. The Kier molecular flexibility index (Phi) is 2.26. The first-order valence-electron chi connectivity index (χ1n) is 5.94. The molecule has 3 heterocycles. The SMILES string of the molecule is Brc1nc(-c2coc3ccccc23)n2ccccc12. The fourth-order valence-corrected chi connectivity index (χ4v) is 2.83. The lowest BCUT2D eigenvalue weighted by Crippen LogP contribution is -1.87. The number of halogens is 1. The number of fused-ring (bicyclic) bond motifs is 2. The number of rotatable bonds is 1. The third kappa shape index (κ3) is 1.53. The molecule has 0 radical (unpaired) electrons. The van der Waals surface area contributed by atoms with Crippen LogP contribution in [0.4, 0.5) is 0 Å². The summed E-state index contributed by atoms with van der Waals surface area (Å²) in [5.41, 5.74) is 2.92. The van der Waals surface area contributed by atoms with E-state index in [1.807, 2.05) is 48.7 Å². The largest absolute Gasteiger partial charge is 0.464 e. The van der Waals surface area contributed by atoms with Crippen molar-refractivity contribution in [2.75, 3.05) is 0 Å². The molecule has 0 spiro atoms. The van der Waals surface area contributed by atoms with Crippen LogP contribution < -0.4 is 0 Å². The molecule has 0 aliphatic carbocycles. The van der Waals surface area contributed by atoms with Crippen LogP contribution in [0.15, 0.2) is 63.9 Å². The molecule has 0 amide bonds. The molecule has 0 unspecified atom stereocenters. The molecule has 0 N–H and O–H groups in total. The predicted molar refractivity (Wildman–Crippen MR) is 78.1 cm³/mol. The Bertz CT molecular complexity index is 891. The first-order chi connectivity index (χ1) is 9.34. The van der Waals surface area contributed by atoms with E-state index in [0.717, 1.165) is 32.5 Å². The van der Waals surface area contributed by atoms with Gasteiger partial charge in [0.15, 0.2) is 0 Å². The Labute approximate surface area is 117 Å². The highest BCUT2D eigenvalue weighted by molar-refractivity contribution is 9.10. The maximum absolute atomic E-state index is 5.59. The van der Waals surface area contributed by atoms with Crippen molar-refractivity contribution in [3.63, 3.8) is 0 Å². The summed E-state index contributed by atoms with van der Waals surface area (Å²) in [6.45, 7) is 0. The summed E-state index contributed by atoms with van der Waals surface area (Å²) in [5.74, 6) is 0.882. The van der Waals surface area contributed by atoms with Gasteiger partial charge in [0, 0.05) is 11.6 Å². The lowest BCUT2D eigenvalue weighted by molar-refractivity contribution is 0.616. The fourth-order valence-electron chi connectivity index (χ4n) is 2.34.